The van der Waals surface area contributed by atoms with Crippen LogP contribution in [0, 0.1) is 71.1 Å². The SMILES string of the molecule is CC(F)(F)c1ccc(CNC(=O)C23CC(NC(=O)COc4ccc(Cl)c(Cl)c4)(C2)C3)cn1.COCc1ccc(CNC(=O)C23CC(NC(=O)COc4ccc(Cl)c(F)c4)(C2)C3)cc1.Cc1cc(CNC(=O)C23CC(NC(=O)COc4ccc(Cl)c(F)c4)(C2)C3)n(C)n1.Cc1cnc(CNC(=O)C23CC(NC(=O)COc4ccc(Cl)c(F)c4)(C2)C3)cn1.Cc1nn(C)cc1CNC(=O)C12CC(NC(=O)COc3ccc(Cl)c(F)c3)(C1)C2. The number of hydrogen-bond acceptors (Lipinski definition) is 21. The summed E-state index contributed by atoms with van der Waals surface area (Å²) < 4.78 is 115. The van der Waals surface area contributed by atoms with Crippen LogP contribution in [0.3, 0.4) is 0 Å². The summed E-state index contributed by atoms with van der Waals surface area (Å²) in [7, 11) is 5.35. The molecule has 6 aromatic carbocycles. The number of methoxy groups -OCH3 is 1. The Morgan fingerprint density at radius 3 is 0.987 bits per heavy atom. The summed E-state index contributed by atoms with van der Waals surface area (Å²) in [5, 5.41) is 38.7. The first-order valence-corrected chi connectivity index (χ1v) is 50.3. The molecule has 4 aromatic heterocycles. The number of pyridine rings is 1. The van der Waals surface area contributed by atoms with E-state index in [0.717, 1.165) is 70.7 Å². The van der Waals surface area contributed by atoms with Crippen LogP contribution in [0.4, 0.5) is 26.3 Å². The first kappa shape index (κ1) is 110. The van der Waals surface area contributed by atoms with Crippen LogP contribution in [0.15, 0.2) is 158 Å². The molecule has 4 heterocycles. The van der Waals surface area contributed by atoms with Gasteiger partial charge >= 0.3 is 0 Å². The fourth-order valence-corrected chi connectivity index (χ4v) is 22.5. The van der Waals surface area contributed by atoms with E-state index in [1.54, 1.807) is 41.0 Å². The topological polar surface area (TPSA) is 421 Å². The van der Waals surface area contributed by atoms with Crippen molar-refractivity contribution in [2.45, 2.75) is 197 Å². The molecule has 0 aliphatic heterocycles. The molecule has 10 amide bonds. The molecular formula is C105H109Cl6F6N17O16. The zero-order chi connectivity index (χ0) is 107. The molecule has 0 spiro atoms. The van der Waals surface area contributed by atoms with Gasteiger partial charge in [-0.2, -0.15) is 19.0 Å². The van der Waals surface area contributed by atoms with E-state index in [0.29, 0.717) is 156 Å². The molecule has 15 aliphatic carbocycles. The molecule has 10 aromatic rings. The van der Waals surface area contributed by atoms with Crippen molar-refractivity contribution in [3.8, 4) is 28.7 Å². The third-order valence-electron chi connectivity index (χ3n) is 28.8. The number of carbonyl (C=O) groups is 10. The fourth-order valence-electron chi connectivity index (χ4n) is 21.7. The molecular weight excluding hydrogens is 2080 g/mol. The Balaban J connectivity index is 0.000000134. The van der Waals surface area contributed by atoms with Crippen LogP contribution >= 0.6 is 69.6 Å². The highest BCUT2D eigenvalue weighted by Crippen LogP contribution is 2.71. The van der Waals surface area contributed by atoms with Gasteiger partial charge in [0.1, 0.15) is 57.7 Å². The van der Waals surface area contributed by atoms with Crippen molar-refractivity contribution in [1.29, 1.82) is 0 Å². The van der Waals surface area contributed by atoms with E-state index in [1.165, 1.54) is 72.9 Å². The summed E-state index contributed by atoms with van der Waals surface area (Å²) >= 11 is 34.3. The van der Waals surface area contributed by atoms with Gasteiger partial charge in [-0.3, -0.25) is 72.3 Å². The largest absolute Gasteiger partial charge is 0.484 e. The first-order chi connectivity index (χ1) is 71.0. The van der Waals surface area contributed by atoms with Crippen LogP contribution < -0.4 is 76.9 Å². The highest BCUT2D eigenvalue weighted by Gasteiger charge is 2.76. The molecule has 0 atom stereocenters. The number of aromatic nitrogens is 7. The van der Waals surface area contributed by atoms with Crippen LogP contribution in [0.25, 0.3) is 0 Å². The van der Waals surface area contributed by atoms with Crippen LogP contribution in [-0.2, 0) is 112 Å². The third-order valence-corrected chi connectivity index (χ3v) is 30.7. The van der Waals surface area contributed by atoms with E-state index in [1.807, 2.05) is 71.4 Å². The molecule has 15 aliphatic rings. The van der Waals surface area contributed by atoms with E-state index in [2.05, 4.69) is 78.3 Å². The molecule has 10 bridgehead atoms. The summed E-state index contributed by atoms with van der Waals surface area (Å²) in [6, 6.07) is 33.4. The van der Waals surface area contributed by atoms with Gasteiger partial charge in [0.25, 0.3) is 35.5 Å². The van der Waals surface area contributed by atoms with Crippen LogP contribution in [0.2, 0.25) is 30.1 Å². The average molecular weight is 2190 g/mol. The van der Waals surface area contributed by atoms with Crippen molar-refractivity contribution in [3.63, 3.8) is 0 Å². The number of benzene rings is 6. The van der Waals surface area contributed by atoms with E-state index in [9.17, 15) is 74.3 Å². The number of halogens is 12. The molecule has 15 saturated carbocycles. The maximum Gasteiger partial charge on any atom is 0.286 e. The maximum absolute atomic E-state index is 13.4. The third kappa shape index (κ3) is 25.2. The van der Waals surface area contributed by atoms with Gasteiger partial charge in [-0.1, -0.05) is 99.9 Å². The van der Waals surface area contributed by atoms with Gasteiger partial charge < -0.3 is 81.6 Å². The predicted molar refractivity (Wildman–Crippen MR) is 538 cm³/mol. The highest BCUT2D eigenvalue weighted by atomic mass is 35.5. The number of hydrogen-bond donors (Lipinski definition) is 10. The predicted octanol–water partition coefficient (Wildman–Crippen LogP) is 14.4. The molecule has 45 heteroatoms. The van der Waals surface area contributed by atoms with Gasteiger partial charge in [-0.05, 0) is 207 Å². The molecule has 33 nitrogen and oxygen atoms in total. The molecule has 10 N–H and O–H groups in total. The van der Waals surface area contributed by atoms with E-state index < -0.39 is 40.0 Å². The Hall–Kier alpha value is -13.1. The fraction of sp³-hybridized carbons (Fsp3) is 0.419. The number of alkyl halides is 2. The number of carbonyl (C=O) groups excluding carboxylic acids is 10. The summed E-state index contributed by atoms with van der Waals surface area (Å²) in [6.07, 6.45) is 15.6. The Bertz CT molecular complexity index is 6610. The minimum Gasteiger partial charge on any atom is -0.484 e. The molecule has 0 radical (unpaired) electrons. The van der Waals surface area contributed by atoms with Crippen molar-refractivity contribution in [2.75, 3.05) is 40.1 Å². The number of rotatable bonds is 38. The zero-order valence-electron chi connectivity index (χ0n) is 82.6. The van der Waals surface area contributed by atoms with Gasteiger partial charge in [-0.15, -0.1) is 0 Å². The lowest BCUT2D eigenvalue weighted by atomic mass is 9.39. The number of amides is 10. The molecule has 15 fully saturated rings. The standard InChI is InChI=1S/C23H24ClFN2O4.C22H21Cl2F2N3O3.2C20H22ClFN4O3.C20H20ClFN4O3/c1-30-10-16-4-2-15(3-5-16)9-26-21(29)22-12-23(13-22,14-22)27-20(28)11-31-17-6-7-18(24)19(25)8-17;1-20(25,26)17-5-2-13(7-27-17)8-28-19(31)21-10-22(11-21,12-21)29-18(30)9-32-14-3-4-15(23)16(24)6-14;1-12-13(7-26(2)25-12)6-23-18(28)19-9-20(10-19,11-19)24-17(27)8-29-14-3-4-15(21)16(22)5-14;1-12-5-13(26(2)25-12)7-23-18(28)19-9-20(10-19,11-19)24-17(27)8-29-14-3-4-15(21)16(22)6-14;1-12-5-24-13(6-23-12)7-25-18(28)19-9-20(10-19,11-19)26-17(27)8-29-14-2-3-15(21)16(22)4-14/h2-8H,9-14H2,1H3,(H,26,29)(H,27,28);2-7H,8-12H2,1H3,(H,28,31)(H,29,30);3-5,7H,6,8-11H2,1-2H3,(H,23,28)(H,24,27);3-6H,7-11H2,1-2H3,(H,23,28)(H,24,27);2-6H,7-11H2,1H3,(H,25,28)(H,26,27). The molecule has 0 unspecified atom stereocenters. The van der Waals surface area contributed by atoms with Gasteiger partial charge in [0.05, 0.1) is 112 Å². The van der Waals surface area contributed by atoms with Gasteiger partial charge in [0.2, 0.25) is 29.5 Å². The Morgan fingerprint density at radius 1 is 0.360 bits per heavy atom. The average Bonchev–Trinajstić information content (AvgIpc) is 0.926. The second-order valence-corrected chi connectivity index (χ2v) is 43.5. The quantitative estimate of drug-likeness (QED) is 0.0161. The zero-order valence-corrected chi connectivity index (χ0v) is 87.1. The van der Waals surface area contributed by atoms with Gasteiger partial charge in [-0.25, -0.2) is 17.6 Å². The Morgan fingerprint density at radius 2 is 0.687 bits per heavy atom. The van der Waals surface area contributed by atoms with Gasteiger partial charge in [0.15, 0.2) is 33.0 Å². The summed E-state index contributed by atoms with van der Waals surface area (Å²) in [6.45, 7) is 7.85. The lowest BCUT2D eigenvalue weighted by molar-refractivity contribution is -0.184. The summed E-state index contributed by atoms with van der Waals surface area (Å²) in [5.74, 6) is -5.54. The summed E-state index contributed by atoms with van der Waals surface area (Å²) in [5.41, 5.74) is 3.96. The summed E-state index contributed by atoms with van der Waals surface area (Å²) in [4.78, 5) is 136. The Kier molecular flexibility index (Phi) is 32.2. The minimum atomic E-state index is -3.00. The molecule has 0 saturated heterocycles. The van der Waals surface area contributed by atoms with Crippen molar-refractivity contribution < 1.29 is 103 Å². The smallest absolute Gasteiger partial charge is 0.286 e. The van der Waals surface area contributed by atoms with Crippen molar-refractivity contribution in [3.05, 3.63) is 268 Å². The van der Waals surface area contributed by atoms with Crippen LogP contribution in [0.1, 0.15) is 160 Å². The number of ether oxygens (including phenoxy) is 6. The minimum absolute atomic E-state index is 0.00192. The highest BCUT2D eigenvalue weighted by molar-refractivity contribution is 6.42. The normalized spacial score (nSPS) is 23.9. The van der Waals surface area contributed by atoms with Crippen molar-refractivity contribution in [2.24, 2.45) is 41.2 Å². The second-order valence-electron chi connectivity index (χ2n) is 41.1. The monoisotopic (exact) mass is 2190 g/mol. The van der Waals surface area contributed by atoms with Crippen molar-refractivity contribution >= 4 is 129 Å². The molecule has 25 rings (SSSR count). The molecule has 150 heavy (non-hydrogen) atoms. The van der Waals surface area contributed by atoms with E-state index in [-0.39, 0.29) is 191 Å². The number of nitrogens with one attached hydrogen (secondary N) is 10. The van der Waals surface area contributed by atoms with Crippen LogP contribution in [-0.4, -0.2) is 161 Å². The Labute approximate surface area is 888 Å². The van der Waals surface area contributed by atoms with E-state index >= 15 is 0 Å². The first-order valence-electron chi connectivity index (χ1n) is 48.1. The second kappa shape index (κ2) is 44.1. The van der Waals surface area contributed by atoms with Gasteiger partial charge in [0, 0.05) is 130 Å². The number of nitrogens with zero attached hydrogens (tertiary/aromatic N) is 7. The van der Waals surface area contributed by atoms with Crippen LogP contribution in [0.5, 0.6) is 28.7 Å². The lowest BCUT2D eigenvalue weighted by Crippen LogP contribution is -2.78. The molecule has 794 valence electrons. The number of aryl methyl sites for hydroxylation is 5. The van der Waals surface area contributed by atoms with E-state index in [4.69, 9.17) is 98.0 Å². The van der Waals surface area contributed by atoms with Crippen molar-refractivity contribution in [1.82, 2.24) is 87.7 Å². The lowest BCUT2D eigenvalue weighted by Gasteiger charge is -2.69. The maximum atomic E-state index is 13.4.